The van der Waals surface area contributed by atoms with Gasteiger partial charge in [0.1, 0.15) is 0 Å². The highest BCUT2D eigenvalue weighted by Crippen LogP contribution is 2.22. The Morgan fingerprint density at radius 3 is 2.30 bits per heavy atom. The molecule has 2 N–H and O–H groups in total. The Labute approximate surface area is 160 Å². The largest absolute Gasteiger partial charge is 0.322 e. The Hall–Kier alpha value is -3.44. The number of hydrogen-bond acceptors (Lipinski definition) is 3. The fourth-order valence-electron chi connectivity index (χ4n) is 2.85. The van der Waals surface area contributed by atoms with E-state index in [-0.39, 0.29) is 11.8 Å². The second-order valence-electron chi connectivity index (χ2n) is 5.99. The highest BCUT2D eigenvalue weighted by atomic mass is 32.1. The van der Waals surface area contributed by atoms with Crippen LogP contribution in [0.2, 0.25) is 0 Å². The molecule has 4 nitrogen and oxygen atoms in total. The molecule has 0 saturated heterocycles. The van der Waals surface area contributed by atoms with Gasteiger partial charge in [-0.2, -0.15) is 0 Å². The molecule has 0 aliphatic heterocycles. The van der Waals surface area contributed by atoms with Gasteiger partial charge in [0, 0.05) is 5.69 Å². The van der Waals surface area contributed by atoms with Gasteiger partial charge in [-0.1, -0.05) is 48.5 Å². The van der Waals surface area contributed by atoms with Crippen LogP contribution < -0.4 is 10.6 Å². The predicted octanol–water partition coefficient (Wildman–Crippen LogP) is 5.41. The molecule has 0 aliphatic carbocycles. The molecular formula is C22H16N2O2S. The predicted molar refractivity (Wildman–Crippen MR) is 111 cm³/mol. The lowest BCUT2D eigenvalue weighted by molar-refractivity contribution is 0.102. The van der Waals surface area contributed by atoms with Crippen molar-refractivity contribution in [2.75, 3.05) is 10.6 Å². The quantitative estimate of drug-likeness (QED) is 0.503. The Morgan fingerprint density at radius 1 is 0.704 bits per heavy atom. The number of nitrogens with one attached hydrogen (secondary N) is 2. The molecule has 0 spiro atoms. The smallest absolute Gasteiger partial charge is 0.265 e. The lowest BCUT2D eigenvalue weighted by atomic mass is 10.1. The molecule has 0 atom stereocenters. The molecule has 0 unspecified atom stereocenters. The summed E-state index contributed by atoms with van der Waals surface area (Å²) in [7, 11) is 0. The van der Waals surface area contributed by atoms with Gasteiger partial charge < -0.3 is 10.6 Å². The molecule has 0 aliphatic rings. The number of benzene rings is 3. The second kappa shape index (κ2) is 7.43. The molecule has 0 saturated carbocycles. The molecule has 3 aromatic carbocycles. The molecule has 5 heteroatoms. The van der Waals surface area contributed by atoms with Gasteiger partial charge in [0.15, 0.2) is 0 Å². The maximum atomic E-state index is 12.8. The first-order valence-corrected chi connectivity index (χ1v) is 9.33. The van der Waals surface area contributed by atoms with Crippen molar-refractivity contribution in [2.24, 2.45) is 0 Å². The second-order valence-corrected chi connectivity index (χ2v) is 6.94. The standard InChI is InChI=1S/C22H16N2O2S/c25-21(23-17-12-11-15-6-1-2-7-16(15)14-17)18-8-3-4-9-19(18)24-22(26)20-10-5-13-27-20/h1-14H,(H,23,25)(H,24,26). The minimum Gasteiger partial charge on any atom is -0.322 e. The van der Waals surface area contributed by atoms with Crippen LogP contribution in [0.15, 0.2) is 84.2 Å². The van der Waals surface area contributed by atoms with Crippen LogP contribution in [0.3, 0.4) is 0 Å². The number of anilines is 2. The van der Waals surface area contributed by atoms with Crippen LogP contribution in [-0.4, -0.2) is 11.8 Å². The summed E-state index contributed by atoms with van der Waals surface area (Å²) in [4.78, 5) is 25.7. The molecule has 1 heterocycles. The summed E-state index contributed by atoms with van der Waals surface area (Å²) < 4.78 is 0. The van der Waals surface area contributed by atoms with Gasteiger partial charge >= 0.3 is 0 Å². The summed E-state index contributed by atoms with van der Waals surface area (Å²) in [6, 6.07) is 24.3. The summed E-state index contributed by atoms with van der Waals surface area (Å²) in [5.74, 6) is -0.497. The normalized spacial score (nSPS) is 10.5. The molecular weight excluding hydrogens is 356 g/mol. The zero-order valence-corrected chi connectivity index (χ0v) is 15.1. The molecule has 0 fully saturated rings. The van der Waals surface area contributed by atoms with Gasteiger partial charge in [0.25, 0.3) is 11.8 Å². The van der Waals surface area contributed by atoms with Crippen molar-refractivity contribution in [1.29, 1.82) is 0 Å². The number of amides is 2. The number of carbonyl (C=O) groups excluding carboxylic acids is 2. The van der Waals surface area contributed by atoms with Gasteiger partial charge in [-0.15, -0.1) is 11.3 Å². The third-order valence-electron chi connectivity index (χ3n) is 4.17. The van der Waals surface area contributed by atoms with Crippen LogP contribution in [-0.2, 0) is 0 Å². The average molecular weight is 372 g/mol. The maximum absolute atomic E-state index is 12.8. The van der Waals surface area contributed by atoms with Crippen LogP contribution in [0.25, 0.3) is 10.8 Å². The van der Waals surface area contributed by atoms with Crippen molar-refractivity contribution in [1.82, 2.24) is 0 Å². The third-order valence-corrected chi connectivity index (χ3v) is 5.04. The highest BCUT2D eigenvalue weighted by molar-refractivity contribution is 7.12. The summed E-state index contributed by atoms with van der Waals surface area (Å²) in [6.45, 7) is 0. The Balaban J connectivity index is 1.57. The van der Waals surface area contributed by atoms with Crippen LogP contribution in [0, 0.1) is 0 Å². The van der Waals surface area contributed by atoms with Crippen molar-refractivity contribution < 1.29 is 9.59 Å². The topological polar surface area (TPSA) is 58.2 Å². The van der Waals surface area contributed by atoms with E-state index in [4.69, 9.17) is 0 Å². The fourth-order valence-corrected chi connectivity index (χ4v) is 3.47. The van der Waals surface area contributed by atoms with E-state index in [1.54, 1.807) is 30.3 Å². The van der Waals surface area contributed by atoms with E-state index in [0.717, 1.165) is 10.8 Å². The van der Waals surface area contributed by atoms with E-state index in [0.29, 0.717) is 21.8 Å². The lowest BCUT2D eigenvalue weighted by Gasteiger charge is -2.11. The number of hydrogen-bond donors (Lipinski definition) is 2. The first kappa shape index (κ1) is 17.0. The molecule has 4 aromatic rings. The van der Waals surface area contributed by atoms with Crippen molar-refractivity contribution >= 4 is 45.3 Å². The summed E-state index contributed by atoms with van der Waals surface area (Å²) >= 11 is 1.36. The minimum atomic E-state index is -0.271. The van der Waals surface area contributed by atoms with Crippen LogP contribution in [0.1, 0.15) is 20.0 Å². The van der Waals surface area contributed by atoms with Gasteiger partial charge in [-0.25, -0.2) is 0 Å². The average Bonchev–Trinajstić information content (AvgIpc) is 3.23. The van der Waals surface area contributed by atoms with Crippen LogP contribution >= 0.6 is 11.3 Å². The van der Waals surface area contributed by atoms with E-state index in [1.165, 1.54) is 11.3 Å². The first-order valence-electron chi connectivity index (χ1n) is 8.45. The summed E-state index contributed by atoms with van der Waals surface area (Å²) in [5.41, 5.74) is 1.60. The minimum absolute atomic E-state index is 0.226. The lowest BCUT2D eigenvalue weighted by Crippen LogP contribution is -2.17. The number of thiophene rings is 1. The Bertz CT molecular complexity index is 1120. The van der Waals surface area contributed by atoms with E-state index >= 15 is 0 Å². The molecule has 27 heavy (non-hydrogen) atoms. The summed E-state index contributed by atoms with van der Waals surface area (Å²) in [5, 5.41) is 9.73. The molecule has 132 valence electrons. The van der Waals surface area contributed by atoms with Gasteiger partial charge in [0.05, 0.1) is 16.1 Å². The van der Waals surface area contributed by atoms with Crippen molar-refractivity contribution in [3.63, 3.8) is 0 Å². The van der Waals surface area contributed by atoms with Gasteiger partial charge in [-0.05, 0) is 46.5 Å². The number of para-hydroxylation sites is 1. The van der Waals surface area contributed by atoms with Crippen molar-refractivity contribution in [2.45, 2.75) is 0 Å². The molecule has 0 radical (unpaired) electrons. The van der Waals surface area contributed by atoms with Gasteiger partial charge in [0.2, 0.25) is 0 Å². The monoisotopic (exact) mass is 372 g/mol. The third kappa shape index (κ3) is 3.73. The number of carbonyl (C=O) groups is 2. The highest BCUT2D eigenvalue weighted by Gasteiger charge is 2.15. The number of fused-ring (bicyclic) bond motifs is 1. The van der Waals surface area contributed by atoms with Crippen LogP contribution in [0.5, 0.6) is 0 Å². The Morgan fingerprint density at radius 2 is 1.48 bits per heavy atom. The summed E-state index contributed by atoms with van der Waals surface area (Å²) in [6.07, 6.45) is 0. The van der Waals surface area contributed by atoms with Crippen LogP contribution in [0.4, 0.5) is 11.4 Å². The maximum Gasteiger partial charge on any atom is 0.265 e. The van der Waals surface area contributed by atoms with Crippen molar-refractivity contribution in [3.8, 4) is 0 Å². The van der Waals surface area contributed by atoms with E-state index in [2.05, 4.69) is 10.6 Å². The Kier molecular flexibility index (Phi) is 4.68. The number of rotatable bonds is 4. The first-order chi connectivity index (χ1) is 13.2. The molecule has 2 amide bonds. The fraction of sp³-hybridized carbons (Fsp3) is 0. The van der Waals surface area contributed by atoms with Gasteiger partial charge in [-0.3, -0.25) is 9.59 Å². The van der Waals surface area contributed by atoms with E-state index in [9.17, 15) is 9.59 Å². The molecule has 0 bridgehead atoms. The SMILES string of the molecule is O=C(Nc1ccccc1C(=O)Nc1ccc2ccccc2c1)c1cccs1. The zero-order valence-electron chi connectivity index (χ0n) is 14.3. The zero-order chi connectivity index (χ0) is 18.6. The van der Waals surface area contributed by atoms with E-state index < -0.39 is 0 Å². The molecule has 1 aromatic heterocycles. The van der Waals surface area contributed by atoms with Crippen molar-refractivity contribution in [3.05, 3.63) is 94.7 Å². The molecule has 4 rings (SSSR count). The van der Waals surface area contributed by atoms with E-state index in [1.807, 2.05) is 53.9 Å².